The first-order valence-corrected chi connectivity index (χ1v) is 6.20. The van der Waals surface area contributed by atoms with Crippen LogP contribution in [0.3, 0.4) is 0 Å². The lowest BCUT2D eigenvalue weighted by molar-refractivity contribution is 0.101. The Morgan fingerprint density at radius 3 is 2.59 bits per heavy atom. The number of Topliss-reactive ketones (excluding diaryl/α,β-unsaturated/α-hetero) is 1. The minimum atomic E-state index is 0.0816. The molecule has 96 valence electrons. The maximum Gasteiger partial charge on any atom is 0.163 e. The van der Waals surface area contributed by atoms with Crippen molar-refractivity contribution in [2.75, 3.05) is 13.2 Å². The van der Waals surface area contributed by atoms with Crippen LogP contribution in [0.2, 0.25) is 0 Å². The molecule has 0 aliphatic carbocycles. The molecule has 4 nitrogen and oxygen atoms in total. The fourth-order valence-corrected chi connectivity index (χ4v) is 1.92. The van der Waals surface area contributed by atoms with Crippen LogP contribution in [-0.4, -0.2) is 28.8 Å². The molecule has 0 amide bonds. The van der Waals surface area contributed by atoms with Crippen molar-refractivity contribution >= 4 is 5.78 Å². The number of carbonyl (C=O) groups excluding carboxylic acids is 1. The number of ether oxygens (including phenoxy) is 1. The fourth-order valence-electron chi connectivity index (χ4n) is 1.92. The van der Waals surface area contributed by atoms with Crippen molar-refractivity contribution in [1.29, 1.82) is 0 Å². The molecule has 1 heterocycles. The number of carbonyl (C=O) groups is 1. The molecular formula is C13H22N2O2. The van der Waals surface area contributed by atoms with E-state index in [-0.39, 0.29) is 5.78 Å². The standard InChI is InChI=1S/C13H22N2O2/c1-5-6-8-17-9-7-15-11(3)13(12(4)16)10(2)14-15/h5-9H2,1-4H3. The van der Waals surface area contributed by atoms with Gasteiger partial charge in [-0.2, -0.15) is 5.10 Å². The van der Waals surface area contributed by atoms with Crippen LogP contribution >= 0.6 is 0 Å². The number of aryl methyl sites for hydroxylation is 1. The lowest BCUT2D eigenvalue weighted by atomic mass is 10.1. The Morgan fingerprint density at radius 1 is 1.35 bits per heavy atom. The van der Waals surface area contributed by atoms with Crippen LogP contribution in [0.15, 0.2) is 0 Å². The number of nitrogens with zero attached hydrogens (tertiary/aromatic N) is 2. The van der Waals surface area contributed by atoms with Crippen LogP contribution in [0.4, 0.5) is 0 Å². The van der Waals surface area contributed by atoms with Gasteiger partial charge in [-0.3, -0.25) is 9.48 Å². The first-order chi connectivity index (χ1) is 8.07. The molecule has 0 unspecified atom stereocenters. The summed E-state index contributed by atoms with van der Waals surface area (Å²) in [6.45, 7) is 9.70. The zero-order chi connectivity index (χ0) is 12.8. The second-order valence-corrected chi connectivity index (χ2v) is 4.29. The largest absolute Gasteiger partial charge is 0.380 e. The number of unbranched alkanes of at least 4 members (excludes halogenated alkanes) is 1. The Labute approximate surface area is 103 Å². The highest BCUT2D eigenvalue weighted by Crippen LogP contribution is 2.13. The van der Waals surface area contributed by atoms with E-state index in [1.807, 2.05) is 18.5 Å². The van der Waals surface area contributed by atoms with Gasteiger partial charge in [-0.25, -0.2) is 0 Å². The lowest BCUT2D eigenvalue weighted by Crippen LogP contribution is -2.10. The third kappa shape index (κ3) is 3.66. The molecule has 0 saturated carbocycles. The van der Waals surface area contributed by atoms with Crippen molar-refractivity contribution in [2.24, 2.45) is 0 Å². The molecule has 4 heteroatoms. The molecule has 0 saturated heterocycles. The summed E-state index contributed by atoms with van der Waals surface area (Å²) in [7, 11) is 0. The van der Waals surface area contributed by atoms with Gasteiger partial charge in [0.05, 0.1) is 24.4 Å². The van der Waals surface area contributed by atoms with Gasteiger partial charge in [0.25, 0.3) is 0 Å². The molecule has 1 aromatic rings. The summed E-state index contributed by atoms with van der Waals surface area (Å²) in [4.78, 5) is 11.4. The van der Waals surface area contributed by atoms with Gasteiger partial charge in [0.2, 0.25) is 0 Å². The van der Waals surface area contributed by atoms with Crippen LogP contribution in [0.5, 0.6) is 0 Å². The van der Waals surface area contributed by atoms with E-state index in [2.05, 4.69) is 12.0 Å². The molecule has 0 aliphatic heterocycles. The van der Waals surface area contributed by atoms with Gasteiger partial charge in [-0.05, 0) is 27.2 Å². The monoisotopic (exact) mass is 238 g/mol. The maximum atomic E-state index is 11.4. The number of rotatable bonds is 7. The zero-order valence-corrected chi connectivity index (χ0v) is 11.2. The van der Waals surface area contributed by atoms with Crippen molar-refractivity contribution in [2.45, 2.75) is 47.1 Å². The van der Waals surface area contributed by atoms with E-state index < -0.39 is 0 Å². The van der Waals surface area contributed by atoms with Gasteiger partial charge in [-0.1, -0.05) is 13.3 Å². The normalized spacial score (nSPS) is 10.8. The zero-order valence-electron chi connectivity index (χ0n) is 11.2. The van der Waals surface area contributed by atoms with Gasteiger partial charge < -0.3 is 4.74 Å². The molecule has 0 N–H and O–H groups in total. The second-order valence-electron chi connectivity index (χ2n) is 4.29. The van der Waals surface area contributed by atoms with Crippen LogP contribution in [0, 0.1) is 13.8 Å². The van der Waals surface area contributed by atoms with Crippen LogP contribution < -0.4 is 0 Å². The number of ketones is 1. The van der Waals surface area contributed by atoms with Crippen molar-refractivity contribution in [3.63, 3.8) is 0 Å². The van der Waals surface area contributed by atoms with E-state index in [1.165, 1.54) is 0 Å². The Hall–Kier alpha value is -1.16. The quantitative estimate of drug-likeness (QED) is 0.541. The van der Waals surface area contributed by atoms with Gasteiger partial charge in [0.1, 0.15) is 0 Å². The number of hydrogen-bond donors (Lipinski definition) is 0. The van der Waals surface area contributed by atoms with Crippen molar-refractivity contribution in [1.82, 2.24) is 9.78 Å². The second kappa shape index (κ2) is 6.55. The van der Waals surface area contributed by atoms with Crippen LogP contribution in [-0.2, 0) is 11.3 Å². The Morgan fingerprint density at radius 2 is 2.06 bits per heavy atom. The predicted octanol–water partition coefficient (Wildman–Crippen LogP) is 2.52. The molecule has 17 heavy (non-hydrogen) atoms. The molecule has 1 rings (SSSR count). The lowest BCUT2D eigenvalue weighted by Gasteiger charge is -2.05. The average molecular weight is 238 g/mol. The summed E-state index contributed by atoms with van der Waals surface area (Å²) >= 11 is 0. The number of hydrogen-bond acceptors (Lipinski definition) is 3. The molecule has 0 aliphatic rings. The highest BCUT2D eigenvalue weighted by molar-refractivity contribution is 5.96. The van der Waals surface area contributed by atoms with Crippen LogP contribution in [0.25, 0.3) is 0 Å². The molecule has 0 bridgehead atoms. The first kappa shape index (κ1) is 13.9. The first-order valence-electron chi connectivity index (χ1n) is 6.20. The number of aromatic nitrogens is 2. The molecule has 0 fully saturated rings. The van der Waals surface area contributed by atoms with E-state index >= 15 is 0 Å². The minimum absolute atomic E-state index is 0.0816. The average Bonchev–Trinajstić information content (AvgIpc) is 2.53. The summed E-state index contributed by atoms with van der Waals surface area (Å²) in [6.07, 6.45) is 2.24. The highest BCUT2D eigenvalue weighted by Gasteiger charge is 2.14. The van der Waals surface area contributed by atoms with Gasteiger partial charge >= 0.3 is 0 Å². The minimum Gasteiger partial charge on any atom is -0.380 e. The molecule has 1 aromatic heterocycles. The van der Waals surface area contributed by atoms with Crippen LogP contribution in [0.1, 0.15) is 48.4 Å². The van der Waals surface area contributed by atoms with Gasteiger partial charge in [0, 0.05) is 12.3 Å². The van der Waals surface area contributed by atoms with E-state index in [0.29, 0.717) is 13.2 Å². The van der Waals surface area contributed by atoms with Crippen molar-refractivity contribution in [3.8, 4) is 0 Å². The summed E-state index contributed by atoms with van der Waals surface area (Å²) in [5, 5.41) is 4.37. The molecule has 0 atom stereocenters. The van der Waals surface area contributed by atoms with Gasteiger partial charge in [0.15, 0.2) is 5.78 Å². The van der Waals surface area contributed by atoms with E-state index in [9.17, 15) is 4.79 Å². The summed E-state index contributed by atoms with van der Waals surface area (Å²) in [6, 6.07) is 0. The summed E-state index contributed by atoms with van der Waals surface area (Å²) < 4.78 is 7.36. The van der Waals surface area contributed by atoms with Gasteiger partial charge in [-0.15, -0.1) is 0 Å². The Kier molecular flexibility index (Phi) is 5.35. The molecule has 0 spiro atoms. The highest BCUT2D eigenvalue weighted by atomic mass is 16.5. The maximum absolute atomic E-state index is 11.4. The molecule has 0 aromatic carbocycles. The summed E-state index contributed by atoms with van der Waals surface area (Å²) in [5.41, 5.74) is 2.50. The SMILES string of the molecule is CCCCOCCn1nc(C)c(C(C)=O)c1C. The third-order valence-corrected chi connectivity index (χ3v) is 2.82. The predicted molar refractivity (Wildman–Crippen MR) is 67.4 cm³/mol. The Bertz CT molecular complexity index is 383. The van der Waals surface area contributed by atoms with E-state index in [1.54, 1.807) is 6.92 Å². The third-order valence-electron chi connectivity index (χ3n) is 2.82. The van der Waals surface area contributed by atoms with E-state index in [4.69, 9.17) is 4.74 Å². The fraction of sp³-hybridized carbons (Fsp3) is 0.692. The topological polar surface area (TPSA) is 44.1 Å². The van der Waals surface area contributed by atoms with E-state index in [0.717, 1.165) is 36.4 Å². The Balaban J connectivity index is 2.55. The smallest absolute Gasteiger partial charge is 0.163 e. The molecule has 0 radical (unpaired) electrons. The molecular weight excluding hydrogens is 216 g/mol. The summed E-state index contributed by atoms with van der Waals surface area (Å²) in [5.74, 6) is 0.0816. The van der Waals surface area contributed by atoms with Crippen molar-refractivity contribution < 1.29 is 9.53 Å². The van der Waals surface area contributed by atoms with Crippen molar-refractivity contribution in [3.05, 3.63) is 17.0 Å².